The fraction of sp³-hybridized carbons (Fsp3) is 0.273. The predicted octanol–water partition coefficient (Wildman–Crippen LogP) is 2.99. The molecule has 0 aliphatic heterocycles. The number of ether oxygens (including phenoxy) is 1. The van der Waals surface area contributed by atoms with E-state index in [-0.39, 0.29) is 6.61 Å². The van der Waals surface area contributed by atoms with Gasteiger partial charge in [0, 0.05) is 4.47 Å². The largest absolute Gasteiger partial charge is 0.464 e. The number of azo groups is 1. The van der Waals surface area contributed by atoms with E-state index < -0.39 is 12.0 Å². The summed E-state index contributed by atoms with van der Waals surface area (Å²) in [6.45, 7) is 1.87. The number of nitrogens with zero attached hydrogens (tertiary/aromatic N) is 3. The van der Waals surface area contributed by atoms with Crippen molar-refractivity contribution in [2.24, 2.45) is 10.2 Å². The van der Waals surface area contributed by atoms with Gasteiger partial charge < -0.3 is 4.74 Å². The van der Waals surface area contributed by atoms with Crippen LogP contribution in [0.15, 0.2) is 39.0 Å². The Labute approximate surface area is 107 Å². The van der Waals surface area contributed by atoms with Crippen molar-refractivity contribution < 1.29 is 9.53 Å². The second-order valence-electron chi connectivity index (χ2n) is 2.95. The number of esters is 1. The molecule has 0 N–H and O–H groups in total. The van der Waals surface area contributed by atoms with E-state index in [9.17, 15) is 4.79 Å². The van der Waals surface area contributed by atoms with Gasteiger partial charge in [0.25, 0.3) is 6.04 Å². The maximum atomic E-state index is 11.3. The van der Waals surface area contributed by atoms with Crippen LogP contribution in [-0.4, -0.2) is 18.6 Å². The van der Waals surface area contributed by atoms with Crippen molar-refractivity contribution in [2.45, 2.75) is 13.0 Å². The summed E-state index contributed by atoms with van der Waals surface area (Å²) in [6, 6.07) is 7.63. The van der Waals surface area contributed by atoms with Crippen LogP contribution in [0.25, 0.3) is 0 Å². The van der Waals surface area contributed by atoms with Crippen LogP contribution < -0.4 is 0 Å². The van der Waals surface area contributed by atoms with Gasteiger partial charge in [-0.05, 0) is 35.0 Å². The predicted molar refractivity (Wildman–Crippen MR) is 64.7 cm³/mol. The Bertz CT molecular complexity index is 468. The zero-order valence-corrected chi connectivity index (χ0v) is 10.7. The molecule has 5 nitrogen and oxygen atoms in total. The molecule has 0 saturated carbocycles. The molecule has 88 valence electrons. The minimum absolute atomic E-state index is 0.210. The monoisotopic (exact) mass is 295 g/mol. The summed E-state index contributed by atoms with van der Waals surface area (Å²) in [4.78, 5) is 11.3. The summed E-state index contributed by atoms with van der Waals surface area (Å²) < 4.78 is 5.43. The Morgan fingerprint density at radius 1 is 1.59 bits per heavy atom. The first-order chi connectivity index (χ1) is 8.19. The molecule has 1 rings (SSSR count). The fourth-order valence-electron chi connectivity index (χ4n) is 1.000. The van der Waals surface area contributed by atoms with Crippen molar-refractivity contribution in [3.05, 3.63) is 28.7 Å². The van der Waals surface area contributed by atoms with Crippen LogP contribution in [0.5, 0.6) is 0 Å². The summed E-state index contributed by atoms with van der Waals surface area (Å²) in [7, 11) is 0. The third-order valence-electron chi connectivity index (χ3n) is 1.77. The molecule has 0 fully saturated rings. The summed E-state index contributed by atoms with van der Waals surface area (Å²) in [5, 5.41) is 16.2. The maximum absolute atomic E-state index is 11.3. The highest BCUT2D eigenvalue weighted by Crippen LogP contribution is 2.24. The average Bonchev–Trinajstić information content (AvgIpc) is 2.32. The van der Waals surface area contributed by atoms with Crippen LogP contribution >= 0.6 is 15.9 Å². The van der Waals surface area contributed by atoms with E-state index in [1.54, 1.807) is 31.2 Å². The van der Waals surface area contributed by atoms with Gasteiger partial charge in [-0.1, -0.05) is 12.1 Å². The molecule has 0 aromatic heterocycles. The van der Waals surface area contributed by atoms with Gasteiger partial charge in [-0.2, -0.15) is 15.5 Å². The third-order valence-corrected chi connectivity index (χ3v) is 2.44. The number of nitriles is 1. The second-order valence-corrected chi connectivity index (χ2v) is 3.80. The van der Waals surface area contributed by atoms with E-state index in [4.69, 9.17) is 5.26 Å². The smallest absolute Gasteiger partial charge is 0.347 e. The molecule has 0 radical (unpaired) electrons. The van der Waals surface area contributed by atoms with Gasteiger partial charge >= 0.3 is 5.97 Å². The molecule has 0 saturated heterocycles. The lowest BCUT2D eigenvalue weighted by molar-refractivity contribution is -0.143. The Morgan fingerprint density at radius 2 is 2.29 bits per heavy atom. The molecule has 1 unspecified atom stereocenters. The van der Waals surface area contributed by atoms with Crippen LogP contribution in [0.4, 0.5) is 5.69 Å². The maximum Gasteiger partial charge on any atom is 0.347 e. The van der Waals surface area contributed by atoms with Crippen molar-refractivity contribution in [2.75, 3.05) is 6.61 Å². The molecule has 6 heteroatoms. The zero-order valence-electron chi connectivity index (χ0n) is 9.13. The number of benzene rings is 1. The first-order valence-corrected chi connectivity index (χ1v) is 5.70. The van der Waals surface area contributed by atoms with Crippen LogP contribution in [0.1, 0.15) is 6.92 Å². The van der Waals surface area contributed by atoms with Crippen molar-refractivity contribution in [3.63, 3.8) is 0 Å². The van der Waals surface area contributed by atoms with Gasteiger partial charge in [0.05, 0.1) is 12.3 Å². The first kappa shape index (κ1) is 13.3. The summed E-state index contributed by atoms with van der Waals surface area (Å²) in [6.07, 6.45) is 0. The van der Waals surface area contributed by atoms with Crippen molar-refractivity contribution in [1.82, 2.24) is 0 Å². The minimum Gasteiger partial charge on any atom is -0.464 e. The molecule has 0 spiro atoms. The molecule has 0 heterocycles. The Balaban J connectivity index is 2.79. The quantitative estimate of drug-likeness (QED) is 0.633. The number of halogens is 1. The summed E-state index contributed by atoms with van der Waals surface area (Å²) in [5.41, 5.74) is 0.553. The molecule has 0 amide bonds. The van der Waals surface area contributed by atoms with Gasteiger partial charge in [0.15, 0.2) is 0 Å². The Morgan fingerprint density at radius 3 is 2.88 bits per heavy atom. The molecule has 1 aromatic rings. The lowest BCUT2D eigenvalue weighted by Gasteiger charge is -2.02. The number of carbonyl (C=O) groups is 1. The Hall–Kier alpha value is -1.74. The van der Waals surface area contributed by atoms with Gasteiger partial charge in [0.2, 0.25) is 0 Å². The van der Waals surface area contributed by atoms with Gasteiger partial charge in [-0.3, -0.25) is 0 Å². The molecule has 1 aromatic carbocycles. The average molecular weight is 296 g/mol. The fourth-order valence-corrected chi connectivity index (χ4v) is 1.36. The third kappa shape index (κ3) is 3.96. The van der Waals surface area contributed by atoms with E-state index in [0.717, 1.165) is 4.47 Å². The highest BCUT2D eigenvalue weighted by molar-refractivity contribution is 9.10. The van der Waals surface area contributed by atoms with Gasteiger partial charge in [0.1, 0.15) is 6.07 Å². The van der Waals surface area contributed by atoms with E-state index in [2.05, 4.69) is 30.9 Å². The standard InChI is InChI=1S/C11H10BrN3O2/c1-2-17-11(16)10(7-13)15-14-9-6-4-3-5-8(9)12/h3-6,10H,2H2,1H3. The highest BCUT2D eigenvalue weighted by atomic mass is 79.9. The Kier molecular flexibility index (Phi) is 5.30. The second kappa shape index (κ2) is 6.76. The molecule has 1 atom stereocenters. The zero-order chi connectivity index (χ0) is 12.7. The molecule has 0 bridgehead atoms. The lowest BCUT2D eigenvalue weighted by Crippen LogP contribution is -2.19. The van der Waals surface area contributed by atoms with E-state index in [1.807, 2.05) is 6.07 Å². The molecular formula is C11H10BrN3O2. The van der Waals surface area contributed by atoms with E-state index in [1.165, 1.54) is 0 Å². The topological polar surface area (TPSA) is 74.8 Å². The summed E-state index contributed by atoms with van der Waals surface area (Å²) >= 11 is 3.28. The molecular weight excluding hydrogens is 286 g/mol. The van der Waals surface area contributed by atoms with Gasteiger partial charge in [-0.25, -0.2) is 4.79 Å². The van der Waals surface area contributed by atoms with Crippen LogP contribution in [0.2, 0.25) is 0 Å². The SMILES string of the molecule is CCOC(=O)C(C#N)N=Nc1ccccc1Br. The lowest BCUT2D eigenvalue weighted by atomic mass is 10.3. The van der Waals surface area contributed by atoms with Crippen molar-refractivity contribution in [1.29, 1.82) is 5.26 Å². The van der Waals surface area contributed by atoms with Crippen LogP contribution in [0.3, 0.4) is 0 Å². The van der Waals surface area contributed by atoms with Gasteiger partial charge in [-0.15, -0.1) is 0 Å². The number of hydrogen-bond acceptors (Lipinski definition) is 5. The molecule has 0 aliphatic rings. The minimum atomic E-state index is -1.22. The first-order valence-electron chi connectivity index (χ1n) is 4.90. The van der Waals surface area contributed by atoms with Crippen LogP contribution in [-0.2, 0) is 9.53 Å². The van der Waals surface area contributed by atoms with Crippen LogP contribution in [0, 0.1) is 11.3 Å². The van der Waals surface area contributed by atoms with Crippen molar-refractivity contribution >= 4 is 27.6 Å². The highest BCUT2D eigenvalue weighted by Gasteiger charge is 2.18. The summed E-state index contributed by atoms with van der Waals surface area (Å²) in [5.74, 6) is -0.689. The number of rotatable bonds is 4. The van der Waals surface area contributed by atoms with E-state index >= 15 is 0 Å². The van der Waals surface area contributed by atoms with E-state index in [0.29, 0.717) is 5.69 Å². The van der Waals surface area contributed by atoms with Crippen molar-refractivity contribution in [3.8, 4) is 6.07 Å². The molecule has 0 aliphatic carbocycles. The normalized spacial score (nSPS) is 12.1. The number of hydrogen-bond donors (Lipinski definition) is 0. The molecule has 17 heavy (non-hydrogen) atoms. The number of carbonyl (C=O) groups excluding carboxylic acids is 1.